The maximum atomic E-state index is 12.4. The number of para-hydroxylation sites is 1. The Morgan fingerprint density at radius 1 is 1.19 bits per heavy atom. The van der Waals surface area contributed by atoms with Gasteiger partial charge < -0.3 is 14.9 Å². The summed E-state index contributed by atoms with van der Waals surface area (Å²) in [6, 6.07) is 10.8. The number of ether oxygens (including phenoxy) is 1. The van der Waals surface area contributed by atoms with Crippen molar-refractivity contribution in [3.63, 3.8) is 0 Å². The Morgan fingerprint density at radius 2 is 1.92 bits per heavy atom. The number of alkyl halides is 2. The van der Waals surface area contributed by atoms with Crippen molar-refractivity contribution in [3.8, 4) is 5.75 Å². The normalized spacial score (nSPS) is 12.2. The summed E-state index contributed by atoms with van der Waals surface area (Å²) in [6.45, 7) is -1.50. The third-order valence-corrected chi connectivity index (χ3v) is 3.94. The second-order valence-corrected chi connectivity index (χ2v) is 5.77. The monoisotopic (exact) mass is 402 g/mol. The minimum absolute atomic E-state index is 0.0577. The van der Waals surface area contributed by atoms with E-state index in [1.807, 2.05) is 0 Å². The van der Waals surface area contributed by atoms with Gasteiger partial charge in [0.2, 0.25) is 6.10 Å². The highest BCUT2D eigenvalue weighted by atomic mass is 35.5. The van der Waals surface area contributed by atoms with Crippen LogP contribution < -0.4 is 10.1 Å². The minimum Gasteiger partial charge on any atom is -0.434 e. The molecule has 1 atom stereocenters. The number of benzene rings is 2. The third kappa shape index (κ3) is 5.57. The summed E-state index contributed by atoms with van der Waals surface area (Å²) in [5.74, 6) is -0.568. The molecule has 0 saturated carbocycles. The molecule has 9 heteroatoms. The summed E-state index contributed by atoms with van der Waals surface area (Å²) in [5, 5.41) is 6.70. The first kappa shape index (κ1) is 19.9. The SMILES string of the molecule is C[C@H](O/N=C\c1ccccc1OC(F)F)C(=O)Nc1cccc(Cl)c1Cl. The topological polar surface area (TPSA) is 59.9 Å². The molecule has 0 bridgehead atoms. The van der Waals surface area contributed by atoms with Gasteiger partial charge in [-0.3, -0.25) is 4.79 Å². The van der Waals surface area contributed by atoms with Crippen LogP contribution in [0.2, 0.25) is 10.0 Å². The molecule has 0 aromatic heterocycles. The number of rotatable bonds is 7. The third-order valence-electron chi connectivity index (χ3n) is 3.12. The van der Waals surface area contributed by atoms with Crippen LogP contribution >= 0.6 is 23.2 Å². The Bertz CT molecular complexity index is 803. The van der Waals surface area contributed by atoms with Crippen LogP contribution in [0.25, 0.3) is 0 Å². The summed E-state index contributed by atoms with van der Waals surface area (Å²) in [7, 11) is 0. The number of halogens is 4. The van der Waals surface area contributed by atoms with Crippen LogP contribution in [0.15, 0.2) is 47.6 Å². The molecule has 1 amide bonds. The van der Waals surface area contributed by atoms with Crippen molar-refractivity contribution in [1.82, 2.24) is 0 Å². The Morgan fingerprint density at radius 3 is 2.65 bits per heavy atom. The van der Waals surface area contributed by atoms with Crippen LogP contribution in [-0.2, 0) is 9.63 Å². The fraction of sp³-hybridized carbons (Fsp3) is 0.176. The Hall–Kier alpha value is -2.38. The summed E-state index contributed by atoms with van der Waals surface area (Å²) in [5.41, 5.74) is 0.609. The number of amides is 1. The van der Waals surface area contributed by atoms with E-state index in [9.17, 15) is 13.6 Å². The zero-order chi connectivity index (χ0) is 19.1. The van der Waals surface area contributed by atoms with E-state index < -0.39 is 18.6 Å². The van der Waals surface area contributed by atoms with Gasteiger partial charge >= 0.3 is 6.61 Å². The highest BCUT2D eigenvalue weighted by Crippen LogP contribution is 2.29. The highest BCUT2D eigenvalue weighted by molar-refractivity contribution is 6.44. The molecule has 0 aliphatic heterocycles. The lowest BCUT2D eigenvalue weighted by atomic mass is 10.2. The lowest BCUT2D eigenvalue weighted by Gasteiger charge is -2.12. The minimum atomic E-state index is -2.96. The molecule has 2 rings (SSSR count). The Balaban J connectivity index is 1.98. The van der Waals surface area contributed by atoms with Gasteiger partial charge in [-0.2, -0.15) is 8.78 Å². The molecule has 0 spiro atoms. The highest BCUT2D eigenvalue weighted by Gasteiger charge is 2.16. The molecule has 2 aromatic rings. The number of carbonyl (C=O) groups is 1. The van der Waals surface area contributed by atoms with Crippen LogP contribution in [0.5, 0.6) is 5.75 Å². The molecule has 0 fully saturated rings. The van der Waals surface area contributed by atoms with Crippen molar-refractivity contribution in [1.29, 1.82) is 0 Å². The first-order valence-electron chi connectivity index (χ1n) is 7.36. The second-order valence-electron chi connectivity index (χ2n) is 4.99. The average molecular weight is 403 g/mol. The van der Waals surface area contributed by atoms with Gasteiger partial charge in [0.1, 0.15) is 5.75 Å². The number of nitrogens with zero attached hydrogens (tertiary/aromatic N) is 1. The molecule has 2 aromatic carbocycles. The van der Waals surface area contributed by atoms with Crippen molar-refractivity contribution in [2.45, 2.75) is 19.6 Å². The molecule has 138 valence electrons. The standard InChI is InChI=1S/C17H14Cl2F2N2O3/c1-10(16(24)23-13-7-4-6-12(18)15(13)19)26-22-9-11-5-2-3-8-14(11)25-17(20)21/h2-10,17H,1H3,(H,23,24)/b22-9-/t10-/m0/s1. The first-order valence-corrected chi connectivity index (χ1v) is 8.12. The fourth-order valence-corrected chi connectivity index (χ4v) is 2.20. The van der Waals surface area contributed by atoms with Gasteiger partial charge in [-0.15, -0.1) is 0 Å². The van der Waals surface area contributed by atoms with E-state index in [1.54, 1.807) is 30.3 Å². The molecular weight excluding hydrogens is 389 g/mol. The number of hydrogen-bond acceptors (Lipinski definition) is 4. The van der Waals surface area contributed by atoms with E-state index in [-0.39, 0.29) is 16.3 Å². The first-order chi connectivity index (χ1) is 12.4. The number of carbonyl (C=O) groups excluding carboxylic acids is 1. The maximum absolute atomic E-state index is 12.4. The predicted octanol–water partition coefficient (Wildman–Crippen LogP) is 4.97. The van der Waals surface area contributed by atoms with Crippen LogP contribution in [0.3, 0.4) is 0 Å². The molecule has 0 radical (unpaired) electrons. The van der Waals surface area contributed by atoms with E-state index in [0.29, 0.717) is 10.7 Å². The van der Waals surface area contributed by atoms with E-state index >= 15 is 0 Å². The van der Waals surface area contributed by atoms with Crippen molar-refractivity contribution >= 4 is 41.0 Å². The number of hydrogen-bond donors (Lipinski definition) is 1. The van der Waals surface area contributed by atoms with E-state index in [4.69, 9.17) is 28.0 Å². The summed E-state index contributed by atoms with van der Waals surface area (Å²) < 4.78 is 29.1. The van der Waals surface area contributed by atoms with Crippen molar-refractivity contribution in [3.05, 3.63) is 58.1 Å². The van der Waals surface area contributed by atoms with E-state index in [0.717, 1.165) is 0 Å². The molecule has 0 heterocycles. The fourth-order valence-electron chi connectivity index (χ4n) is 1.85. The quantitative estimate of drug-likeness (QED) is 0.525. The van der Waals surface area contributed by atoms with Gasteiger partial charge in [0, 0.05) is 5.56 Å². The van der Waals surface area contributed by atoms with Crippen LogP contribution in [-0.4, -0.2) is 24.8 Å². The van der Waals surface area contributed by atoms with Crippen LogP contribution in [0.4, 0.5) is 14.5 Å². The van der Waals surface area contributed by atoms with Crippen molar-refractivity contribution in [2.24, 2.45) is 5.16 Å². The van der Waals surface area contributed by atoms with Crippen molar-refractivity contribution < 1.29 is 23.1 Å². The van der Waals surface area contributed by atoms with E-state index in [2.05, 4.69) is 15.2 Å². The molecule has 1 N–H and O–H groups in total. The second kappa shape index (κ2) is 9.35. The van der Waals surface area contributed by atoms with Gasteiger partial charge in [-0.1, -0.05) is 46.6 Å². The molecule has 26 heavy (non-hydrogen) atoms. The largest absolute Gasteiger partial charge is 0.434 e. The number of nitrogens with one attached hydrogen (secondary N) is 1. The lowest BCUT2D eigenvalue weighted by Crippen LogP contribution is -2.26. The summed E-state index contributed by atoms with van der Waals surface area (Å²) in [4.78, 5) is 17.1. The molecule has 0 unspecified atom stereocenters. The molecule has 0 saturated heterocycles. The molecule has 5 nitrogen and oxygen atoms in total. The zero-order valence-corrected chi connectivity index (χ0v) is 15.0. The number of anilines is 1. The van der Waals surface area contributed by atoms with Crippen LogP contribution in [0.1, 0.15) is 12.5 Å². The lowest BCUT2D eigenvalue weighted by molar-refractivity contribution is -0.126. The molecular formula is C17H14Cl2F2N2O3. The summed E-state index contributed by atoms with van der Waals surface area (Å²) in [6.07, 6.45) is 0.206. The Kier molecular flexibility index (Phi) is 7.17. The average Bonchev–Trinajstić information content (AvgIpc) is 2.59. The van der Waals surface area contributed by atoms with Crippen molar-refractivity contribution in [2.75, 3.05) is 5.32 Å². The van der Waals surface area contributed by atoms with Gasteiger partial charge in [0.15, 0.2) is 0 Å². The molecule has 0 aliphatic carbocycles. The van der Waals surface area contributed by atoms with Gasteiger partial charge in [-0.25, -0.2) is 0 Å². The van der Waals surface area contributed by atoms with E-state index in [1.165, 1.54) is 25.3 Å². The predicted molar refractivity (Wildman–Crippen MR) is 96.3 cm³/mol. The smallest absolute Gasteiger partial charge is 0.387 e. The van der Waals surface area contributed by atoms with Crippen LogP contribution in [0, 0.1) is 0 Å². The van der Waals surface area contributed by atoms with Gasteiger partial charge in [0.05, 0.1) is 21.9 Å². The maximum Gasteiger partial charge on any atom is 0.387 e. The molecule has 0 aliphatic rings. The van der Waals surface area contributed by atoms with Gasteiger partial charge in [-0.05, 0) is 31.2 Å². The van der Waals surface area contributed by atoms with Gasteiger partial charge in [0.25, 0.3) is 5.91 Å². The summed E-state index contributed by atoms with van der Waals surface area (Å²) >= 11 is 11.9. The number of oxime groups is 1. The zero-order valence-electron chi connectivity index (χ0n) is 13.5. The Labute approximate surface area is 158 Å².